The molecule has 0 fully saturated rings. The standard InChI is InChI=1S/C7H12N2O2S/c1-6(8)7-4-3-5-9(7)12(2,10)11/h3-6H,8H2,1-2H3. The van der Waals surface area contributed by atoms with Crippen molar-refractivity contribution in [2.24, 2.45) is 5.73 Å². The summed E-state index contributed by atoms with van der Waals surface area (Å²) in [6.07, 6.45) is 2.65. The molecule has 68 valence electrons. The molecule has 0 radical (unpaired) electrons. The summed E-state index contributed by atoms with van der Waals surface area (Å²) in [5.74, 6) is 0. The Kier molecular flexibility index (Phi) is 2.25. The van der Waals surface area contributed by atoms with Crippen molar-refractivity contribution in [3.05, 3.63) is 24.0 Å². The molecule has 0 aliphatic heterocycles. The molecule has 4 nitrogen and oxygen atoms in total. The molecule has 1 unspecified atom stereocenters. The maximum atomic E-state index is 11.1. The van der Waals surface area contributed by atoms with Crippen molar-refractivity contribution in [1.82, 2.24) is 3.97 Å². The zero-order valence-corrected chi connectivity index (χ0v) is 7.88. The van der Waals surface area contributed by atoms with Gasteiger partial charge in [-0.1, -0.05) is 0 Å². The van der Waals surface area contributed by atoms with Crippen molar-refractivity contribution >= 4 is 10.0 Å². The molecule has 12 heavy (non-hydrogen) atoms. The minimum Gasteiger partial charge on any atom is -0.323 e. The monoisotopic (exact) mass is 188 g/mol. The zero-order chi connectivity index (χ0) is 9.35. The van der Waals surface area contributed by atoms with Gasteiger partial charge in [0.05, 0.1) is 11.9 Å². The second kappa shape index (κ2) is 2.91. The highest BCUT2D eigenvalue weighted by molar-refractivity contribution is 7.89. The molecule has 0 spiro atoms. The van der Waals surface area contributed by atoms with Crippen molar-refractivity contribution in [3.63, 3.8) is 0 Å². The smallest absolute Gasteiger partial charge is 0.235 e. The summed E-state index contributed by atoms with van der Waals surface area (Å²) < 4.78 is 23.4. The Balaban J connectivity index is 3.26. The second-order valence-corrected chi connectivity index (χ2v) is 4.64. The van der Waals surface area contributed by atoms with Crippen LogP contribution in [-0.4, -0.2) is 18.6 Å². The minimum absolute atomic E-state index is 0.269. The lowest BCUT2D eigenvalue weighted by molar-refractivity contribution is 0.588. The molecule has 0 aliphatic carbocycles. The molecule has 0 amide bonds. The maximum Gasteiger partial charge on any atom is 0.235 e. The van der Waals surface area contributed by atoms with E-state index in [2.05, 4.69) is 0 Å². The van der Waals surface area contributed by atoms with E-state index in [0.29, 0.717) is 5.69 Å². The van der Waals surface area contributed by atoms with Gasteiger partial charge in [0.15, 0.2) is 0 Å². The van der Waals surface area contributed by atoms with Gasteiger partial charge in [-0.05, 0) is 19.1 Å². The first kappa shape index (κ1) is 9.28. The fourth-order valence-corrected chi connectivity index (χ4v) is 1.94. The average Bonchev–Trinajstić information content (AvgIpc) is 2.30. The van der Waals surface area contributed by atoms with Crippen LogP contribution in [0.5, 0.6) is 0 Å². The normalized spacial score (nSPS) is 14.6. The highest BCUT2D eigenvalue weighted by Gasteiger charge is 2.12. The van der Waals surface area contributed by atoms with Crippen LogP contribution in [0.25, 0.3) is 0 Å². The Morgan fingerprint density at radius 2 is 2.17 bits per heavy atom. The van der Waals surface area contributed by atoms with Crippen LogP contribution in [0, 0.1) is 0 Å². The number of rotatable bonds is 2. The molecule has 1 heterocycles. The summed E-state index contributed by atoms with van der Waals surface area (Å²) in [6, 6.07) is 3.10. The first-order chi connectivity index (χ1) is 5.43. The lowest BCUT2D eigenvalue weighted by Crippen LogP contribution is -2.17. The molecule has 0 aliphatic rings. The van der Waals surface area contributed by atoms with Crippen molar-refractivity contribution in [1.29, 1.82) is 0 Å². The van der Waals surface area contributed by atoms with E-state index in [0.717, 1.165) is 6.26 Å². The van der Waals surface area contributed by atoms with Crippen molar-refractivity contribution in [3.8, 4) is 0 Å². The third-order valence-corrected chi connectivity index (χ3v) is 2.61. The third kappa shape index (κ3) is 1.67. The summed E-state index contributed by atoms with van der Waals surface area (Å²) in [5, 5.41) is 0. The van der Waals surface area contributed by atoms with Crippen molar-refractivity contribution in [2.75, 3.05) is 6.26 Å². The topological polar surface area (TPSA) is 65.1 Å². The van der Waals surface area contributed by atoms with E-state index in [9.17, 15) is 8.42 Å². The van der Waals surface area contributed by atoms with Crippen LogP contribution < -0.4 is 5.73 Å². The number of nitrogens with two attached hydrogens (primary N) is 1. The Labute approximate surface area is 72.0 Å². The molecular formula is C7H12N2O2S. The molecule has 1 aromatic rings. The minimum atomic E-state index is -3.20. The molecular weight excluding hydrogens is 176 g/mol. The van der Waals surface area contributed by atoms with Crippen LogP contribution in [0.3, 0.4) is 0 Å². The summed E-state index contributed by atoms with van der Waals surface area (Å²) in [4.78, 5) is 0. The van der Waals surface area contributed by atoms with E-state index < -0.39 is 10.0 Å². The SMILES string of the molecule is CC(N)c1cccn1S(C)(=O)=O. The van der Waals surface area contributed by atoms with Gasteiger partial charge in [0, 0.05) is 12.2 Å². The van der Waals surface area contributed by atoms with Gasteiger partial charge < -0.3 is 5.73 Å². The molecule has 0 aromatic carbocycles. The van der Waals surface area contributed by atoms with Crippen LogP contribution in [0.2, 0.25) is 0 Å². The van der Waals surface area contributed by atoms with Crippen LogP contribution in [-0.2, 0) is 10.0 Å². The van der Waals surface area contributed by atoms with Gasteiger partial charge in [-0.15, -0.1) is 0 Å². The summed E-state index contributed by atoms with van der Waals surface area (Å²) >= 11 is 0. The Bertz CT molecular complexity index is 365. The molecule has 0 saturated heterocycles. The Hall–Kier alpha value is -0.810. The van der Waals surface area contributed by atoms with E-state index in [1.165, 1.54) is 10.2 Å². The van der Waals surface area contributed by atoms with Gasteiger partial charge >= 0.3 is 0 Å². The first-order valence-corrected chi connectivity index (χ1v) is 5.41. The zero-order valence-electron chi connectivity index (χ0n) is 7.06. The average molecular weight is 188 g/mol. The molecule has 5 heteroatoms. The van der Waals surface area contributed by atoms with Crippen LogP contribution >= 0.6 is 0 Å². The predicted octanol–water partition coefficient (Wildman–Crippen LogP) is 0.316. The van der Waals surface area contributed by atoms with Crippen molar-refractivity contribution < 1.29 is 8.42 Å². The molecule has 1 aromatic heterocycles. The van der Waals surface area contributed by atoms with Gasteiger partial charge in [-0.2, -0.15) is 0 Å². The van der Waals surface area contributed by atoms with Gasteiger partial charge in [0.1, 0.15) is 0 Å². The second-order valence-electron chi connectivity index (χ2n) is 2.78. The number of aromatic nitrogens is 1. The summed E-state index contributed by atoms with van der Waals surface area (Å²) in [7, 11) is -3.20. The van der Waals surface area contributed by atoms with Crippen LogP contribution in [0.1, 0.15) is 18.7 Å². The third-order valence-electron chi connectivity index (χ3n) is 1.57. The fraction of sp³-hybridized carbons (Fsp3) is 0.429. The van der Waals surface area contributed by atoms with Gasteiger partial charge in [-0.3, -0.25) is 0 Å². The summed E-state index contributed by atoms with van der Waals surface area (Å²) in [5.41, 5.74) is 6.18. The molecule has 0 saturated carbocycles. The van der Waals surface area contributed by atoms with E-state index in [-0.39, 0.29) is 6.04 Å². The number of nitrogens with zero attached hydrogens (tertiary/aromatic N) is 1. The Morgan fingerprint density at radius 1 is 1.58 bits per heavy atom. The largest absolute Gasteiger partial charge is 0.323 e. The number of hydrogen-bond donors (Lipinski definition) is 1. The Morgan fingerprint density at radius 3 is 2.50 bits per heavy atom. The van der Waals surface area contributed by atoms with Crippen LogP contribution in [0.15, 0.2) is 18.3 Å². The van der Waals surface area contributed by atoms with E-state index in [1.807, 2.05) is 0 Å². The highest BCUT2D eigenvalue weighted by atomic mass is 32.2. The fourth-order valence-electron chi connectivity index (χ4n) is 1.03. The van der Waals surface area contributed by atoms with Gasteiger partial charge in [0.25, 0.3) is 0 Å². The molecule has 1 rings (SSSR count). The number of hydrogen-bond acceptors (Lipinski definition) is 3. The maximum absolute atomic E-state index is 11.1. The van der Waals surface area contributed by atoms with Crippen molar-refractivity contribution in [2.45, 2.75) is 13.0 Å². The van der Waals surface area contributed by atoms with E-state index >= 15 is 0 Å². The van der Waals surface area contributed by atoms with E-state index in [1.54, 1.807) is 19.1 Å². The highest BCUT2D eigenvalue weighted by Crippen LogP contribution is 2.12. The lowest BCUT2D eigenvalue weighted by atomic mass is 10.3. The predicted molar refractivity (Wildman–Crippen MR) is 47.3 cm³/mol. The lowest BCUT2D eigenvalue weighted by Gasteiger charge is -2.08. The first-order valence-electron chi connectivity index (χ1n) is 3.56. The molecule has 0 bridgehead atoms. The van der Waals surface area contributed by atoms with Crippen LogP contribution in [0.4, 0.5) is 0 Å². The quantitative estimate of drug-likeness (QED) is 0.726. The van der Waals surface area contributed by atoms with E-state index in [4.69, 9.17) is 5.73 Å². The molecule has 1 atom stereocenters. The van der Waals surface area contributed by atoms with Gasteiger partial charge in [-0.25, -0.2) is 12.4 Å². The van der Waals surface area contributed by atoms with Gasteiger partial charge in [0.2, 0.25) is 10.0 Å². The summed E-state index contributed by atoms with van der Waals surface area (Å²) in [6.45, 7) is 1.75. The molecule has 2 N–H and O–H groups in total.